The Bertz CT molecular complexity index is 1250. The van der Waals surface area contributed by atoms with Gasteiger partial charge >= 0.3 is 5.69 Å². The van der Waals surface area contributed by atoms with Gasteiger partial charge in [0.1, 0.15) is 16.4 Å². The predicted octanol–water partition coefficient (Wildman–Crippen LogP) is 3.52. The Balaban J connectivity index is 1.84. The van der Waals surface area contributed by atoms with Gasteiger partial charge in [-0.15, -0.1) is 0 Å². The molecule has 0 unspecified atom stereocenters. The first kappa shape index (κ1) is 22.0. The van der Waals surface area contributed by atoms with E-state index in [0.717, 1.165) is 35.1 Å². The van der Waals surface area contributed by atoms with E-state index in [1.54, 1.807) is 10.6 Å². The van der Waals surface area contributed by atoms with Gasteiger partial charge in [-0.1, -0.05) is 48.9 Å². The van der Waals surface area contributed by atoms with Crippen LogP contribution >= 0.6 is 11.8 Å². The minimum Gasteiger partial charge on any atom is -0.384 e. The van der Waals surface area contributed by atoms with Crippen molar-refractivity contribution in [2.45, 2.75) is 43.2 Å². The lowest BCUT2D eigenvalue weighted by molar-refractivity contribution is 0.480. The van der Waals surface area contributed by atoms with Crippen LogP contribution in [0.5, 0.6) is 0 Å². The summed E-state index contributed by atoms with van der Waals surface area (Å²) in [5.41, 5.74) is 6.48. The summed E-state index contributed by atoms with van der Waals surface area (Å²) < 4.78 is 15.8. The minimum absolute atomic E-state index is 0.0303. The smallest absolute Gasteiger partial charge is 0.332 e. The lowest BCUT2D eigenvalue weighted by Crippen LogP contribution is -2.43. The van der Waals surface area contributed by atoms with Crippen LogP contribution < -0.4 is 17.0 Å². The predicted molar refractivity (Wildman–Crippen MR) is 125 cm³/mol. The lowest BCUT2D eigenvalue weighted by Gasteiger charge is -2.20. The molecule has 1 aliphatic rings. The SMILES string of the molecule is Cn1c(=O)c(C(=NCc2ccc(F)nc2)Sc2ccccc2)c(N)n(C2CCCC2)c1=O. The Labute approximate surface area is 188 Å². The molecule has 2 aromatic heterocycles. The molecule has 1 saturated carbocycles. The Morgan fingerprint density at radius 2 is 1.91 bits per heavy atom. The Hall–Kier alpha value is -3.20. The molecule has 0 atom stereocenters. The van der Waals surface area contributed by atoms with E-state index >= 15 is 0 Å². The summed E-state index contributed by atoms with van der Waals surface area (Å²) in [6.45, 7) is 0.188. The van der Waals surface area contributed by atoms with Crippen molar-refractivity contribution in [3.8, 4) is 0 Å². The number of aliphatic imine (C=N–C) groups is 1. The van der Waals surface area contributed by atoms with Crippen LogP contribution in [0.15, 0.2) is 68.1 Å². The topological polar surface area (TPSA) is 95.3 Å². The van der Waals surface area contributed by atoms with Gasteiger partial charge in [-0.25, -0.2) is 9.78 Å². The van der Waals surface area contributed by atoms with Gasteiger partial charge in [0.05, 0.1) is 6.54 Å². The monoisotopic (exact) mass is 453 g/mol. The summed E-state index contributed by atoms with van der Waals surface area (Å²) in [6, 6.07) is 12.3. The number of anilines is 1. The molecule has 0 aliphatic heterocycles. The summed E-state index contributed by atoms with van der Waals surface area (Å²) in [6.07, 6.45) is 5.14. The zero-order valence-corrected chi connectivity index (χ0v) is 18.5. The summed E-state index contributed by atoms with van der Waals surface area (Å²) in [7, 11) is 1.47. The van der Waals surface area contributed by atoms with Gasteiger partial charge < -0.3 is 5.73 Å². The van der Waals surface area contributed by atoms with Crippen LogP contribution in [0.4, 0.5) is 10.2 Å². The minimum atomic E-state index is -0.571. The molecule has 9 heteroatoms. The van der Waals surface area contributed by atoms with E-state index in [-0.39, 0.29) is 24.0 Å². The summed E-state index contributed by atoms with van der Waals surface area (Å²) in [5, 5.41) is 0.408. The maximum atomic E-state index is 13.2. The fourth-order valence-corrected chi connectivity index (χ4v) is 4.83. The third kappa shape index (κ3) is 4.52. The number of benzene rings is 1. The van der Waals surface area contributed by atoms with Gasteiger partial charge in [-0.05, 0) is 36.6 Å². The number of halogens is 1. The van der Waals surface area contributed by atoms with Crippen LogP contribution in [0, 0.1) is 5.95 Å². The highest BCUT2D eigenvalue weighted by molar-refractivity contribution is 8.14. The molecule has 7 nitrogen and oxygen atoms in total. The van der Waals surface area contributed by atoms with Crippen molar-refractivity contribution in [3.05, 3.63) is 86.6 Å². The number of nitrogens with zero attached hydrogens (tertiary/aromatic N) is 4. The third-order valence-corrected chi connectivity index (χ3v) is 6.62. The molecule has 0 saturated heterocycles. The molecule has 0 amide bonds. The Morgan fingerprint density at radius 1 is 1.19 bits per heavy atom. The molecule has 0 bridgehead atoms. The van der Waals surface area contributed by atoms with Crippen molar-refractivity contribution < 1.29 is 4.39 Å². The fourth-order valence-electron chi connectivity index (χ4n) is 3.89. The quantitative estimate of drug-likeness (QED) is 0.276. The summed E-state index contributed by atoms with van der Waals surface area (Å²) >= 11 is 1.31. The van der Waals surface area contributed by atoms with E-state index in [1.165, 1.54) is 31.1 Å². The van der Waals surface area contributed by atoms with Crippen molar-refractivity contribution in [2.75, 3.05) is 5.73 Å². The highest BCUT2D eigenvalue weighted by Crippen LogP contribution is 2.32. The Morgan fingerprint density at radius 3 is 2.56 bits per heavy atom. The molecular formula is C23H24FN5O2S. The molecule has 32 heavy (non-hydrogen) atoms. The molecule has 1 aliphatic carbocycles. The first-order valence-electron chi connectivity index (χ1n) is 10.4. The average Bonchev–Trinajstić information content (AvgIpc) is 3.32. The van der Waals surface area contributed by atoms with E-state index in [4.69, 9.17) is 5.73 Å². The summed E-state index contributed by atoms with van der Waals surface area (Å²) in [4.78, 5) is 35.3. The third-order valence-electron chi connectivity index (χ3n) is 5.58. The second-order valence-corrected chi connectivity index (χ2v) is 8.80. The molecule has 0 spiro atoms. The molecular weight excluding hydrogens is 429 g/mol. The molecule has 166 valence electrons. The van der Waals surface area contributed by atoms with Gasteiger partial charge in [0, 0.05) is 24.2 Å². The largest absolute Gasteiger partial charge is 0.384 e. The van der Waals surface area contributed by atoms with Gasteiger partial charge in [0.2, 0.25) is 5.95 Å². The number of hydrogen-bond acceptors (Lipinski definition) is 6. The van der Waals surface area contributed by atoms with Crippen LogP contribution in [0.2, 0.25) is 0 Å². The van der Waals surface area contributed by atoms with E-state index in [0.29, 0.717) is 10.6 Å². The van der Waals surface area contributed by atoms with E-state index < -0.39 is 17.2 Å². The average molecular weight is 454 g/mol. The zero-order valence-electron chi connectivity index (χ0n) is 17.7. The van der Waals surface area contributed by atoms with E-state index in [2.05, 4.69) is 9.98 Å². The highest BCUT2D eigenvalue weighted by atomic mass is 32.2. The molecule has 4 rings (SSSR count). The van der Waals surface area contributed by atoms with Crippen LogP contribution in [-0.2, 0) is 13.6 Å². The first-order chi connectivity index (χ1) is 15.5. The van der Waals surface area contributed by atoms with Crippen molar-refractivity contribution >= 4 is 22.6 Å². The first-order valence-corrected chi connectivity index (χ1v) is 11.3. The number of nitrogen functional groups attached to an aromatic ring is 1. The number of aromatic nitrogens is 3. The molecule has 2 heterocycles. The maximum absolute atomic E-state index is 13.2. The van der Waals surface area contributed by atoms with Gasteiger partial charge in [-0.3, -0.25) is 18.9 Å². The maximum Gasteiger partial charge on any atom is 0.332 e. The van der Waals surface area contributed by atoms with E-state index in [1.807, 2.05) is 30.3 Å². The van der Waals surface area contributed by atoms with Crippen LogP contribution in [0.25, 0.3) is 0 Å². The van der Waals surface area contributed by atoms with Crippen molar-refractivity contribution in [1.29, 1.82) is 0 Å². The van der Waals surface area contributed by atoms with Gasteiger partial charge in [0.15, 0.2) is 0 Å². The normalized spacial score (nSPS) is 14.8. The molecule has 0 radical (unpaired) electrons. The molecule has 1 aromatic carbocycles. The molecule has 3 aromatic rings. The number of pyridine rings is 1. The van der Waals surface area contributed by atoms with Crippen LogP contribution in [0.3, 0.4) is 0 Å². The Kier molecular flexibility index (Phi) is 6.55. The second kappa shape index (κ2) is 9.52. The second-order valence-electron chi connectivity index (χ2n) is 7.74. The lowest BCUT2D eigenvalue weighted by atomic mass is 10.2. The molecule has 1 fully saturated rings. The number of thioether (sulfide) groups is 1. The number of nitrogens with two attached hydrogens (primary N) is 1. The van der Waals surface area contributed by atoms with Crippen molar-refractivity contribution in [1.82, 2.24) is 14.1 Å². The van der Waals surface area contributed by atoms with Crippen molar-refractivity contribution in [3.63, 3.8) is 0 Å². The van der Waals surface area contributed by atoms with Crippen molar-refractivity contribution in [2.24, 2.45) is 12.0 Å². The standard InChI is InChI=1S/C23H24FN5O2S/c1-28-22(30)19(20(25)29(23(28)31)16-7-5-6-8-16)21(32-17-9-3-2-4-10-17)27-14-15-11-12-18(24)26-13-15/h2-4,9-13,16H,5-8,14,25H2,1H3. The van der Waals surface area contributed by atoms with E-state index in [9.17, 15) is 14.0 Å². The molecule has 2 N–H and O–H groups in total. The zero-order chi connectivity index (χ0) is 22.7. The summed E-state index contributed by atoms with van der Waals surface area (Å²) in [5.74, 6) is -0.428. The van der Waals surface area contributed by atoms with Gasteiger partial charge in [0.25, 0.3) is 5.56 Å². The highest BCUT2D eigenvalue weighted by Gasteiger charge is 2.26. The van der Waals surface area contributed by atoms with Crippen LogP contribution in [-0.4, -0.2) is 19.2 Å². The fraction of sp³-hybridized carbons (Fsp3) is 0.304. The van der Waals surface area contributed by atoms with Crippen LogP contribution in [0.1, 0.15) is 42.9 Å². The number of rotatable bonds is 5. The number of hydrogen-bond donors (Lipinski definition) is 1. The van der Waals surface area contributed by atoms with Gasteiger partial charge in [-0.2, -0.15) is 4.39 Å².